The van der Waals surface area contributed by atoms with E-state index in [1.807, 2.05) is 49.5 Å². The predicted molar refractivity (Wildman–Crippen MR) is 144 cm³/mol. The fraction of sp³-hybridized carbons (Fsp3) is 0.185. The van der Waals surface area contributed by atoms with Crippen molar-refractivity contribution in [3.05, 3.63) is 79.7 Å². The monoisotopic (exact) mass is 507 g/mol. The summed E-state index contributed by atoms with van der Waals surface area (Å²) in [5, 5.41) is 8.39. The third-order valence-electron chi connectivity index (χ3n) is 6.51. The molecule has 1 aliphatic heterocycles. The van der Waals surface area contributed by atoms with E-state index in [4.69, 9.17) is 4.74 Å². The van der Waals surface area contributed by atoms with Crippen LogP contribution >= 0.6 is 0 Å². The molecule has 0 aliphatic carbocycles. The van der Waals surface area contributed by atoms with Gasteiger partial charge < -0.3 is 19.9 Å². The van der Waals surface area contributed by atoms with Crippen LogP contribution in [-0.2, 0) is 4.79 Å². The largest absolute Gasteiger partial charge is 0.457 e. The number of carbonyl (C=O) groups is 1. The molecule has 6 rings (SSSR count). The first-order chi connectivity index (χ1) is 18.6. The van der Waals surface area contributed by atoms with Crippen LogP contribution in [0.5, 0.6) is 11.5 Å². The van der Waals surface area contributed by atoms with Gasteiger partial charge in [0.25, 0.3) is 0 Å². The molecule has 0 saturated carbocycles. The van der Waals surface area contributed by atoms with Crippen molar-refractivity contribution in [2.75, 3.05) is 36.4 Å². The molecule has 1 aliphatic rings. The number of hydrogen-bond donors (Lipinski definition) is 1. The van der Waals surface area contributed by atoms with E-state index in [-0.39, 0.29) is 5.91 Å². The lowest BCUT2D eigenvalue weighted by molar-refractivity contribution is -0.126. The van der Waals surface area contributed by atoms with E-state index < -0.39 is 0 Å². The van der Waals surface area contributed by atoms with Gasteiger partial charge in [0.2, 0.25) is 5.91 Å². The van der Waals surface area contributed by atoms with Crippen molar-refractivity contribution in [1.82, 2.24) is 34.4 Å². The first-order valence-corrected chi connectivity index (χ1v) is 12.2. The summed E-state index contributed by atoms with van der Waals surface area (Å²) in [6, 6.07) is 11.6. The van der Waals surface area contributed by atoms with Crippen molar-refractivity contribution in [3.8, 4) is 11.5 Å². The zero-order valence-corrected chi connectivity index (χ0v) is 20.8. The van der Waals surface area contributed by atoms with Gasteiger partial charge in [-0.15, -0.1) is 0 Å². The number of piperazine rings is 1. The third-order valence-corrected chi connectivity index (χ3v) is 6.51. The highest BCUT2D eigenvalue weighted by Gasteiger charge is 2.21. The number of rotatable bonds is 6. The summed E-state index contributed by atoms with van der Waals surface area (Å²) in [6.07, 6.45) is 7.96. The van der Waals surface area contributed by atoms with Crippen LogP contribution < -0.4 is 15.0 Å². The zero-order chi connectivity index (χ0) is 26.1. The normalized spacial score (nSPS) is 13.6. The summed E-state index contributed by atoms with van der Waals surface area (Å²) in [6.45, 7) is 8.21. The Hall–Kier alpha value is -5.06. The molecule has 1 amide bonds. The first-order valence-electron chi connectivity index (χ1n) is 12.2. The van der Waals surface area contributed by atoms with Crippen LogP contribution in [0.2, 0.25) is 0 Å². The van der Waals surface area contributed by atoms with E-state index in [9.17, 15) is 4.79 Å². The number of aryl methyl sites for hydroxylation is 1. The number of nitrogens with one attached hydrogen (secondary N) is 1. The lowest BCUT2D eigenvalue weighted by Gasteiger charge is -2.35. The van der Waals surface area contributed by atoms with E-state index in [0.717, 1.165) is 39.4 Å². The maximum Gasteiger partial charge on any atom is 0.246 e. The Morgan fingerprint density at radius 3 is 2.71 bits per heavy atom. The maximum atomic E-state index is 11.9. The number of aromatic nitrogens is 6. The molecule has 4 aromatic heterocycles. The highest BCUT2D eigenvalue weighted by molar-refractivity contribution is 5.92. The number of benzene rings is 1. The minimum atomic E-state index is -0.0425. The second-order valence-electron chi connectivity index (χ2n) is 8.93. The van der Waals surface area contributed by atoms with Gasteiger partial charge >= 0.3 is 0 Å². The highest BCUT2D eigenvalue weighted by atomic mass is 16.5. The van der Waals surface area contributed by atoms with Crippen molar-refractivity contribution in [2.24, 2.45) is 0 Å². The SMILES string of the molecule is C=CC(=O)N1CCN(c2cc3c(Nc4ccc(Oc5ccn6ncnc6c5)c(C)c4)ncnc3cn2)CC1. The molecule has 11 nitrogen and oxygen atoms in total. The standard InChI is InChI=1S/C27H25N9O2/c1-3-26(37)35-10-8-34(9-11-35)24-14-21-22(15-28-24)29-16-31-27(21)33-19-4-5-23(18(2)12-19)38-20-6-7-36-25(13-20)30-17-32-36/h3-7,12-17H,1,8-11H2,2H3,(H,29,31,33). The molecule has 190 valence electrons. The first kappa shape index (κ1) is 23.3. The Morgan fingerprint density at radius 1 is 1.03 bits per heavy atom. The Morgan fingerprint density at radius 2 is 1.89 bits per heavy atom. The number of ether oxygens (including phenoxy) is 1. The van der Waals surface area contributed by atoms with Gasteiger partial charge in [0.15, 0.2) is 5.65 Å². The predicted octanol–water partition coefficient (Wildman–Crippen LogP) is 3.75. The summed E-state index contributed by atoms with van der Waals surface area (Å²) in [4.78, 5) is 33.6. The molecule has 1 N–H and O–H groups in total. The molecule has 0 unspecified atom stereocenters. The molecule has 0 bridgehead atoms. The minimum absolute atomic E-state index is 0.0425. The second kappa shape index (κ2) is 9.77. The van der Waals surface area contributed by atoms with E-state index >= 15 is 0 Å². The molecule has 0 atom stereocenters. The molecular formula is C27H25N9O2. The van der Waals surface area contributed by atoms with Crippen LogP contribution in [0, 0.1) is 6.92 Å². The van der Waals surface area contributed by atoms with Gasteiger partial charge in [-0.3, -0.25) is 4.79 Å². The second-order valence-corrected chi connectivity index (χ2v) is 8.93. The summed E-state index contributed by atoms with van der Waals surface area (Å²) in [5.74, 6) is 2.90. The number of carbonyl (C=O) groups excluding carboxylic acids is 1. The average Bonchev–Trinajstić information content (AvgIpc) is 3.42. The zero-order valence-electron chi connectivity index (χ0n) is 20.8. The van der Waals surface area contributed by atoms with Crippen molar-refractivity contribution in [1.29, 1.82) is 0 Å². The van der Waals surface area contributed by atoms with Crippen molar-refractivity contribution < 1.29 is 9.53 Å². The molecule has 5 heterocycles. The fourth-order valence-electron chi connectivity index (χ4n) is 4.47. The van der Waals surface area contributed by atoms with Crippen LogP contribution in [0.1, 0.15) is 5.56 Å². The smallest absolute Gasteiger partial charge is 0.246 e. The van der Waals surface area contributed by atoms with E-state index in [1.165, 1.54) is 18.7 Å². The van der Waals surface area contributed by atoms with Crippen molar-refractivity contribution >= 4 is 39.8 Å². The number of hydrogen-bond acceptors (Lipinski definition) is 9. The van der Waals surface area contributed by atoms with Gasteiger partial charge in [0.1, 0.15) is 35.8 Å². The lowest BCUT2D eigenvalue weighted by atomic mass is 10.2. The Kier molecular flexibility index (Phi) is 6.00. The van der Waals surface area contributed by atoms with Crippen LogP contribution in [0.3, 0.4) is 0 Å². The van der Waals surface area contributed by atoms with Crippen LogP contribution in [0.15, 0.2) is 74.1 Å². The van der Waals surface area contributed by atoms with Gasteiger partial charge in [-0.2, -0.15) is 5.10 Å². The molecule has 5 aromatic rings. The van der Waals surface area contributed by atoms with Gasteiger partial charge in [0, 0.05) is 49.5 Å². The number of amides is 1. The Balaban J connectivity index is 1.21. The number of anilines is 3. The molecule has 0 radical (unpaired) electrons. The van der Waals surface area contributed by atoms with Crippen LogP contribution in [0.25, 0.3) is 16.6 Å². The summed E-state index contributed by atoms with van der Waals surface area (Å²) in [7, 11) is 0. The van der Waals surface area contributed by atoms with Crippen molar-refractivity contribution in [3.63, 3.8) is 0 Å². The van der Waals surface area contributed by atoms with Gasteiger partial charge in [-0.25, -0.2) is 24.5 Å². The third kappa shape index (κ3) is 4.57. The molecule has 1 saturated heterocycles. The van der Waals surface area contributed by atoms with Crippen molar-refractivity contribution in [2.45, 2.75) is 6.92 Å². The Bertz CT molecular complexity index is 1660. The summed E-state index contributed by atoms with van der Waals surface area (Å²) in [5.41, 5.74) is 3.30. The van der Waals surface area contributed by atoms with E-state index in [0.29, 0.717) is 37.7 Å². The summed E-state index contributed by atoms with van der Waals surface area (Å²) >= 11 is 0. The molecular weight excluding hydrogens is 482 g/mol. The molecule has 11 heteroatoms. The molecule has 1 aromatic carbocycles. The molecule has 0 spiro atoms. The van der Waals surface area contributed by atoms with Crippen LogP contribution in [-0.4, -0.2) is 66.5 Å². The molecule has 38 heavy (non-hydrogen) atoms. The number of pyridine rings is 2. The topological polar surface area (TPSA) is 114 Å². The fourth-order valence-corrected chi connectivity index (χ4v) is 4.47. The van der Waals surface area contributed by atoms with Crippen LogP contribution in [0.4, 0.5) is 17.3 Å². The highest BCUT2D eigenvalue weighted by Crippen LogP contribution is 2.31. The quantitative estimate of drug-likeness (QED) is 0.343. The van der Waals surface area contributed by atoms with E-state index in [2.05, 4.69) is 41.8 Å². The molecule has 1 fully saturated rings. The summed E-state index contributed by atoms with van der Waals surface area (Å²) < 4.78 is 7.78. The number of nitrogens with zero attached hydrogens (tertiary/aromatic N) is 8. The maximum absolute atomic E-state index is 11.9. The number of fused-ring (bicyclic) bond motifs is 2. The average molecular weight is 508 g/mol. The van der Waals surface area contributed by atoms with Gasteiger partial charge in [-0.05, 0) is 48.9 Å². The van der Waals surface area contributed by atoms with Gasteiger partial charge in [0.05, 0.1) is 11.7 Å². The lowest BCUT2D eigenvalue weighted by Crippen LogP contribution is -2.48. The Labute approximate surface area is 218 Å². The van der Waals surface area contributed by atoms with Gasteiger partial charge in [-0.1, -0.05) is 6.58 Å². The minimum Gasteiger partial charge on any atom is -0.457 e. The van der Waals surface area contributed by atoms with E-state index in [1.54, 1.807) is 15.6 Å².